The Morgan fingerprint density at radius 2 is 2.36 bits per heavy atom. The van der Waals surface area contributed by atoms with E-state index < -0.39 is 0 Å². The van der Waals surface area contributed by atoms with E-state index in [9.17, 15) is 0 Å². The van der Waals surface area contributed by atoms with Gasteiger partial charge in [0.25, 0.3) is 0 Å². The summed E-state index contributed by atoms with van der Waals surface area (Å²) >= 11 is 7.29. The van der Waals surface area contributed by atoms with E-state index in [4.69, 9.17) is 11.6 Å². The molecule has 0 amide bonds. The van der Waals surface area contributed by atoms with Crippen molar-refractivity contribution in [3.05, 3.63) is 10.5 Å². The molecule has 1 aromatic rings. The topological polar surface area (TPSA) is 24.9 Å². The molecule has 4 heteroatoms. The fourth-order valence-corrected chi connectivity index (χ4v) is 2.25. The summed E-state index contributed by atoms with van der Waals surface area (Å²) in [4.78, 5) is 4.15. The van der Waals surface area contributed by atoms with Crippen molar-refractivity contribution in [3.8, 4) is 0 Å². The van der Waals surface area contributed by atoms with Gasteiger partial charge in [-0.15, -0.1) is 11.3 Å². The molecule has 1 N–H and O–H groups in total. The molecule has 0 aromatic carbocycles. The van der Waals surface area contributed by atoms with Crippen LogP contribution in [0.1, 0.15) is 39.5 Å². The van der Waals surface area contributed by atoms with Crippen LogP contribution >= 0.6 is 22.9 Å². The van der Waals surface area contributed by atoms with Crippen LogP contribution in [-0.2, 0) is 0 Å². The van der Waals surface area contributed by atoms with Crippen LogP contribution < -0.4 is 5.32 Å². The Balaban J connectivity index is 2.23. The Bertz CT molecular complexity index is 262. The zero-order chi connectivity index (χ0) is 10.4. The summed E-state index contributed by atoms with van der Waals surface area (Å²) in [5.41, 5.74) is 0. The number of unbranched alkanes of at least 4 members (excludes halogenated alkanes) is 2. The normalized spacial score (nSPS) is 12.8. The van der Waals surface area contributed by atoms with E-state index in [1.54, 1.807) is 11.3 Å². The minimum absolute atomic E-state index is 0.490. The first-order chi connectivity index (χ1) is 6.72. The molecule has 0 radical (unpaired) electrons. The summed E-state index contributed by atoms with van der Waals surface area (Å²) in [6.45, 7) is 4.41. The molecule has 0 saturated heterocycles. The molecule has 2 nitrogen and oxygen atoms in total. The third-order valence-corrected chi connectivity index (χ3v) is 3.18. The van der Waals surface area contributed by atoms with Crippen LogP contribution in [0.5, 0.6) is 0 Å². The van der Waals surface area contributed by atoms with Crippen LogP contribution in [-0.4, -0.2) is 11.0 Å². The van der Waals surface area contributed by atoms with Gasteiger partial charge in [0.05, 0.1) is 0 Å². The van der Waals surface area contributed by atoms with Gasteiger partial charge in [0, 0.05) is 11.4 Å². The molecule has 0 aliphatic heterocycles. The zero-order valence-corrected chi connectivity index (χ0v) is 10.3. The standard InChI is InChI=1S/C10H17ClN2S/c1-3-4-5-6-8(2)12-10-13-9(11)7-14-10/h7-8H,3-6H2,1-2H3,(H,12,13). The van der Waals surface area contributed by atoms with E-state index in [0.29, 0.717) is 11.2 Å². The molecule has 0 spiro atoms. The average Bonchev–Trinajstić information content (AvgIpc) is 2.52. The highest BCUT2D eigenvalue weighted by atomic mass is 35.5. The number of aromatic nitrogens is 1. The molecule has 1 aromatic heterocycles. The van der Waals surface area contributed by atoms with Crippen molar-refractivity contribution in [2.45, 2.75) is 45.6 Å². The highest BCUT2D eigenvalue weighted by Crippen LogP contribution is 2.20. The van der Waals surface area contributed by atoms with Crippen LogP contribution in [0.25, 0.3) is 0 Å². The predicted octanol–water partition coefficient (Wildman–Crippen LogP) is 4.18. The van der Waals surface area contributed by atoms with Gasteiger partial charge in [0.2, 0.25) is 0 Å². The number of nitrogens with one attached hydrogen (secondary N) is 1. The molecule has 0 saturated carbocycles. The SMILES string of the molecule is CCCCCC(C)Nc1nc(Cl)cs1. The van der Waals surface area contributed by atoms with Gasteiger partial charge in [-0.25, -0.2) is 4.98 Å². The molecule has 1 unspecified atom stereocenters. The lowest BCUT2D eigenvalue weighted by Crippen LogP contribution is -2.14. The van der Waals surface area contributed by atoms with Crippen LogP contribution in [0, 0.1) is 0 Å². The van der Waals surface area contributed by atoms with E-state index in [-0.39, 0.29) is 0 Å². The van der Waals surface area contributed by atoms with Crippen LogP contribution in [0.15, 0.2) is 5.38 Å². The number of nitrogens with zero attached hydrogens (tertiary/aromatic N) is 1. The maximum absolute atomic E-state index is 5.73. The molecule has 80 valence electrons. The minimum Gasteiger partial charge on any atom is -0.359 e. The smallest absolute Gasteiger partial charge is 0.184 e. The van der Waals surface area contributed by atoms with Gasteiger partial charge in [-0.3, -0.25) is 0 Å². The van der Waals surface area contributed by atoms with Crippen molar-refractivity contribution >= 4 is 28.1 Å². The largest absolute Gasteiger partial charge is 0.359 e. The van der Waals surface area contributed by atoms with Gasteiger partial charge in [-0.2, -0.15) is 0 Å². The van der Waals surface area contributed by atoms with Crippen molar-refractivity contribution in [3.63, 3.8) is 0 Å². The lowest BCUT2D eigenvalue weighted by atomic mass is 10.1. The summed E-state index contributed by atoms with van der Waals surface area (Å²) in [6.07, 6.45) is 5.06. The first kappa shape index (κ1) is 11.8. The molecule has 1 rings (SSSR count). The molecule has 1 heterocycles. The summed E-state index contributed by atoms with van der Waals surface area (Å²) in [7, 11) is 0. The fourth-order valence-electron chi connectivity index (χ4n) is 1.30. The van der Waals surface area contributed by atoms with Gasteiger partial charge < -0.3 is 5.32 Å². The van der Waals surface area contributed by atoms with E-state index in [1.165, 1.54) is 25.7 Å². The van der Waals surface area contributed by atoms with E-state index in [2.05, 4.69) is 24.1 Å². The van der Waals surface area contributed by atoms with E-state index in [1.807, 2.05) is 5.38 Å². The van der Waals surface area contributed by atoms with E-state index >= 15 is 0 Å². The maximum Gasteiger partial charge on any atom is 0.184 e. The molecule has 0 bridgehead atoms. The van der Waals surface area contributed by atoms with Crippen molar-refractivity contribution in [2.75, 3.05) is 5.32 Å². The average molecular weight is 233 g/mol. The summed E-state index contributed by atoms with van der Waals surface area (Å²) < 4.78 is 0. The summed E-state index contributed by atoms with van der Waals surface area (Å²) in [6, 6.07) is 0.490. The quantitative estimate of drug-likeness (QED) is 0.745. The predicted molar refractivity (Wildman–Crippen MR) is 64.4 cm³/mol. The highest BCUT2D eigenvalue weighted by Gasteiger charge is 2.04. The second-order valence-electron chi connectivity index (χ2n) is 3.52. The number of hydrogen-bond acceptors (Lipinski definition) is 3. The van der Waals surface area contributed by atoms with Crippen LogP contribution in [0.4, 0.5) is 5.13 Å². The van der Waals surface area contributed by atoms with Crippen molar-refractivity contribution in [1.82, 2.24) is 4.98 Å². The zero-order valence-electron chi connectivity index (χ0n) is 8.72. The number of hydrogen-bond donors (Lipinski definition) is 1. The Labute approximate surface area is 94.7 Å². The second kappa shape index (κ2) is 6.25. The van der Waals surface area contributed by atoms with Gasteiger partial charge >= 0.3 is 0 Å². The summed E-state index contributed by atoms with van der Waals surface area (Å²) in [5.74, 6) is 0. The lowest BCUT2D eigenvalue weighted by Gasteiger charge is -2.11. The third kappa shape index (κ3) is 4.29. The minimum atomic E-state index is 0.490. The van der Waals surface area contributed by atoms with Crippen molar-refractivity contribution in [1.29, 1.82) is 0 Å². The Morgan fingerprint density at radius 1 is 1.57 bits per heavy atom. The Kier molecular flexibility index (Phi) is 5.26. The fraction of sp³-hybridized carbons (Fsp3) is 0.700. The Hall–Kier alpha value is -0.280. The van der Waals surface area contributed by atoms with Crippen LogP contribution in [0.3, 0.4) is 0 Å². The molecular formula is C10H17ClN2S. The first-order valence-corrected chi connectivity index (χ1v) is 6.35. The second-order valence-corrected chi connectivity index (χ2v) is 4.76. The number of halogens is 1. The molecule has 14 heavy (non-hydrogen) atoms. The van der Waals surface area contributed by atoms with Gasteiger partial charge in [-0.05, 0) is 13.3 Å². The third-order valence-electron chi connectivity index (χ3n) is 2.09. The van der Waals surface area contributed by atoms with Gasteiger partial charge in [0.1, 0.15) is 5.15 Å². The maximum atomic E-state index is 5.73. The summed E-state index contributed by atoms with van der Waals surface area (Å²) in [5, 5.41) is 6.71. The Morgan fingerprint density at radius 3 is 2.93 bits per heavy atom. The first-order valence-electron chi connectivity index (χ1n) is 5.10. The molecule has 0 aliphatic rings. The molecular weight excluding hydrogens is 216 g/mol. The monoisotopic (exact) mass is 232 g/mol. The van der Waals surface area contributed by atoms with Crippen LogP contribution in [0.2, 0.25) is 5.15 Å². The molecule has 1 atom stereocenters. The number of rotatable bonds is 6. The lowest BCUT2D eigenvalue weighted by molar-refractivity contribution is 0.615. The number of thiazole rings is 1. The van der Waals surface area contributed by atoms with E-state index in [0.717, 1.165) is 5.13 Å². The molecule has 0 aliphatic carbocycles. The van der Waals surface area contributed by atoms with Gasteiger partial charge in [-0.1, -0.05) is 37.8 Å². The number of anilines is 1. The van der Waals surface area contributed by atoms with Crippen molar-refractivity contribution < 1.29 is 0 Å². The van der Waals surface area contributed by atoms with Crippen molar-refractivity contribution in [2.24, 2.45) is 0 Å². The highest BCUT2D eigenvalue weighted by molar-refractivity contribution is 7.14. The molecule has 0 fully saturated rings. The van der Waals surface area contributed by atoms with Gasteiger partial charge in [0.15, 0.2) is 5.13 Å².